The molecule has 6 heteroatoms. The number of nitrogens with one attached hydrogen (secondary N) is 1. The van der Waals surface area contributed by atoms with E-state index in [-0.39, 0.29) is 18.3 Å². The molecule has 26 heavy (non-hydrogen) atoms. The molecule has 0 radical (unpaired) electrons. The molecule has 0 bridgehead atoms. The Morgan fingerprint density at radius 2 is 1.96 bits per heavy atom. The Morgan fingerprint density at radius 1 is 1.23 bits per heavy atom. The third-order valence-electron chi connectivity index (χ3n) is 3.87. The standard InChI is InChI=1S/C20H19N3O3/c1-13-9-15(10-14(2)20(13)25)11-22-23-18(24)12-26-17-7-3-5-16-6-4-8-21-19(16)17/h3-11,25H,12H2,1-2H3,(H,23,24)/b22-11+. The van der Waals surface area contributed by atoms with Gasteiger partial charge in [-0.1, -0.05) is 18.2 Å². The maximum Gasteiger partial charge on any atom is 0.277 e. The first kappa shape index (κ1) is 17.4. The minimum absolute atomic E-state index is 0.166. The summed E-state index contributed by atoms with van der Waals surface area (Å²) in [6, 6.07) is 12.9. The van der Waals surface area contributed by atoms with E-state index in [0.29, 0.717) is 11.3 Å². The fourth-order valence-electron chi connectivity index (χ4n) is 2.61. The van der Waals surface area contributed by atoms with Crippen LogP contribution in [0.15, 0.2) is 53.8 Å². The maximum absolute atomic E-state index is 11.9. The molecule has 2 N–H and O–H groups in total. The number of nitrogens with zero attached hydrogens (tertiary/aromatic N) is 2. The van der Waals surface area contributed by atoms with Crippen molar-refractivity contribution in [3.8, 4) is 11.5 Å². The molecule has 3 rings (SSSR count). The number of ether oxygens (including phenoxy) is 1. The van der Waals surface area contributed by atoms with Crippen molar-refractivity contribution < 1.29 is 14.6 Å². The lowest BCUT2D eigenvalue weighted by molar-refractivity contribution is -0.123. The highest BCUT2D eigenvalue weighted by Gasteiger charge is 2.06. The van der Waals surface area contributed by atoms with E-state index in [1.807, 2.05) is 38.1 Å². The summed E-state index contributed by atoms with van der Waals surface area (Å²) in [6.07, 6.45) is 3.21. The first-order valence-electron chi connectivity index (χ1n) is 8.13. The molecule has 132 valence electrons. The molecule has 0 aliphatic carbocycles. The van der Waals surface area contributed by atoms with Crippen LogP contribution >= 0.6 is 0 Å². The van der Waals surface area contributed by atoms with Crippen LogP contribution in [0.25, 0.3) is 10.9 Å². The second-order valence-electron chi connectivity index (χ2n) is 5.92. The van der Waals surface area contributed by atoms with Gasteiger partial charge in [0.05, 0.1) is 6.21 Å². The zero-order valence-electron chi connectivity index (χ0n) is 14.6. The van der Waals surface area contributed by atoms with Crippen LogP contribution in [0.1, 0.15) is 16.7 Å². The van der Waals surface area contributed by atoms with Crippen molar-refractivity contribution in [1.29, 1.82) is 0 Å². The van der Waals surface area contributed by atoms with E-state index in [4.69, 9.17) is 4.74 Å². The van der Waals surface area contributed by atoms with Crippen molar-refractivity contribution in [1.82, 2.24) is 10.4 Å². The monoisotopic (exact) mass is 349 g/mol. The van der Waals surface area contributed by atoms with Crippen LogP contribution in [-0.4, -0.2) is 28.8 Å². The molecule has 3 aromatic rings. The van der Waals surface area contributed by atoms with Crippen LogP contribution in [-0.2, 0) is 4.79 Å². The van der Waals surface area contributed by atoms with Gasteiger partial charge in [0.25, 0.3) is 5.91 Å². The van der Waals surface area contributed by atoms with E-state index in [1.54, 1.807) is 24.4 Å². The fourth-order valence-corrected chi connectivity index (χ4v) is 2.61. The number of hydrogen-bond acceptors (Lipinski definition) is 5. The number of aromatic hydroxyl groups is 1. The zero-order valence-corrected chi connectivity index (χ0v) is 14.6. The number of benzene rings is 2. The van der Waals surface area contributed by atoms with Gasteiger partial charge in [-0.05, 0) is 54.8 Å². The van der Waals surface area contributed by atoms with Crippen molar-refractivity contribution in [2.45, 2.75) is 13.8 Å². The highest BCUT2D eigenvalue weighted by atomic mass is 16.5. The van der Waals surface area contributed by atoms with E-state index >= 15 is 0 Å². The number of aryl methyl sites for hydroxylation is 2. The second-order valence-corrected chi connectivity index (χ2v) is 5.92. The van der Waals surface area contributed by atoms with Gasteiger partial charge in [0.15, 0.2) is 6.61 Å². The molecule has 1 amide bonds. The number of pyridine rings is 1. The summed E-state index contributed by atoms with van der Waals surface area (Å²) in [6.45, 7) is 3.45. The van der Waals surface area contributed by atoms with E-state index < -0.39 is 0 Å². The highest BCUT2D eigenvalue weighted by Crippen LogP contribution is 2.23. The molecule has 0 aliphatic rings. The minimum Gasteiger partial charge on any atom is -0.507 e. The number of carbonyl (C=O) groups is 1. The quantitative estimate of drug-likeness (QED) is 0.548. The molecule has 2 aromatic carbocycles. The smallest absolute Gasteiger partial charge is 0.277 e. The lowest BCUT2D eigenvalue weighted by atomic mass is 10.1. The number of phenols is 1. The molecule has 1 aromatic heterocycles. The van der Waals surface area contributed by atoms with Crippen LogP contribution in [0.5, 0.6) is 11.5 Å². The summed E-state index contributed by atoms with van der Waals surface area (Å²) in [5, 5.41) is 14.6. The Hall–Kier alpha value is -3.41. The van der Waals surface area contributed by atoms with Gasteiger partial charge in [-0.2, -0.15) is 5.10 Å². The van der Waals surface area contributed by atoms with E-state index in [2.05, 4.69) is 15.5 Å². The van der Waals surface area contributed by atoms with Crippen LogP contribution in [0.4, 0.5) is 0 Å². The Bertz CT molecular complexity index is 955. The molecular weight excluding hydrogens is 330 g/mol. The molecule has 0 aliphatic heterocycles. The Labute approximate surface area is 151 Å². The number of rotatable bonds is 5. The molecule has 0 fully saturated rings. The number of hydrogen-bond donors (Lipinski definition) is 2. The van der Waals surface area contributed by atoms with Crippen LogP contribution in [0, 0.1) is 13.8 Å². The Morgan fingerprint density at radius 3 is 2.73 bits per heavy atom. The van der Waals surface area contributed by atoms with Crippen molar-refractivity contribution >= 4 is 23.0 Å². The van der Waals surface area contributed by atoms with Gasteiger partial charge in [-0.3, -0.25) is 9.78 Å². The average molecular weight is 349 g/mol. The van der Waals surface area contributed by atoms with Crippen molar-refractivity contribution in [3.05, 3.63) is 65.4 Å². The number of para-hydroxylation sites is 1. The molecule has 1 heterocycles. The van der Waals surface area contributed by atoms with Crippen molar-refractivity contribution in [2.75, 3.05) is 6.61 Å². The van der Waals surface area contributed by atoms with E-state index in [0.717, 1.165) is 22.1 Å². The summed E-state index contributed by atoms with van der Waals surface area (Å²) in [4.78, 5) is 16.2. The normalized spacial score (nSPS) is 11.0. The minimum atomic E-state index is -0.374. The number of hydrazone groups is 1. The molecule has 0 unspecified atom stereocenters. The lowest BCUT2D eigenvalue weighted by Crippen LogP contribution is -2.24. The average Bonchev–Trinajstić information content (AvgIpc) is 2.64. The van der Waals surface area contributed by atoms with Crippen molar-refractivity contribution in [2.24, 2.45) is 5.10 Å². The molecule has 0 atom stereocenters. The van der Waals surface area contributed by atoms with Gasteiger partial charge in [0.2, 0.25) is 0 Å². The third-order valence-corrected chi connectivity index (χ3v) is 3.87. The largest absolute Gasteiger partial charge is 0.507 e. The summed E-state index contributed by atoms with van der Waals surface area (Å²) < 4.78 is 5.56. The number of aromatic nitrogens is 1. The molecule has 0 spiro atoms. The van der Waals surface area contributed by atoms with E-state index in [9.17, 15) is 9.90 Å². The van der Waals surface area contributed by atoms with E-state index in [1.165, 1.54) is 6.21 Å². The van der Waals surface area contributed by atoms with Gasteiger partial charge >= 0.3 is 0 Å². The fraction of sp³-hybridized carbons (Fsp3) is 0.150. The summed E-state index contributed by atoms with van der Waals surface area (Å²) in [5.41, 5.74) is 5.43. The topological polar surface area (TPSA) is 83.8 Å². The van der Waals surface area contributed by atoms with Gasteiger partial charge in [0.1, 0.15) is 17.0 Å². The first-order chi connectivity index (χ1) is 12.5. The first-order valence-corrected chi connectivity index (χ1v) is 8.13. The molecular formula is C20H19N3O3. The SMILES string of the molecule is Cc1cc(/C=N/NC(=O)COc2cccc3cccnc23)cc(C)c1O. The molecule has 0 saturated carbocycles. The molecule has 0 saturated heterocycles. The summed E-state index contributed by atoms with van der Waals surface area (Å²) in [5.74, 6) is 0.441. The Balaban J connectivity index is 1.59. The second kappa shape index (κ2) is 7.65. The predicted octanol–water partition coefficient (Wildman–Crippen LogP) is 3.09. The lowest BCUT2D eigenvalue weighted by Gasteiger charge is -2.07. The van der Waals surface area contributed by atoms with Crippen molar-refractivity contribution in [3.63, 3.8) is 0 Å². The Kier molecular flexibility index (Phi) is 5.12. The van der Waals surface area contributed by atoms with Gasteiger partial charge < -0.3 is 9.84 Å². The summed E-state index contributed by atoms with van der Waals surface area (Å²) >= 11 is 0. The number of phenolic OH excluding ortho intramolecular Hbond substituents is 1. The van der Waals surface area contributed by atoms with Crippen LogP contribution in [0.3, 0.4) is 0 Å². The number of amides is 1. The number of carbonyl (C=O) groups excluding carboxylic acids is 1. The van der Waals surface area contributed by atoms with Gasteiger partial charge in [-0.15, -0.1) is 0 Å². The van der Waals surface area contributed by atoms with Gasteiger partial charge in [-0.25, -0.2) is 5.43 Å². The van der Waals surface area contributed by atoms with Gasteiger partial charge in [0, 0.05) is 11.6 Å². The summed E-state index contributed by atoms with van der Waals surface area (Å²) in [7, 11) is 0. The highest BCUT2D eigenvalue weighted by molar-refractivity contribution is 5.86. The zero-order chi connectivity index (χ0) is 18.5. The van der Waals surface area contributed by atoms with Crippen LogP contribution < -0.4 is 10.2 Å². The number of fused-ring (bicyclic) bond motifs is 1. The van der Waals surface area contributed by atoms with Crippen LogP contribution in [0.2, 0.25) is 0 Å². The third kappa shape index (κ3) is 3.97. The maximum atomic E-state index is 11.9. The predicted molar refractivity (Wildman–Crippen MR) is 101 cm³/mol. The molecule has 6 nitrogen and oxygen atoms in total.